The quantitative estimate of drug-likeness (QED) is 0.616. The molecule has 1 aliphatic carbocycles. The van der Waals surface area contributed by atoms with Crippen LogP contribution < -0.4 is 4.74 Å². The zero-order valence-electron chi connectivity index (χ0n) is 13.1. The van der Waals surface area contributed by atoms with Crippen LogP contribution in [0, 0.1) is 0 Å². The lowest BCUT2D eigenvalue weighted by molar-refractivity contribution is -0.114. The Kier molecular flexibility index (Phi) is 6.52. The van der Waals surface area contributed by atoms with E-state index in [2.05, 4.69) is 19.1 Å². The Labute approximate surface area is 128 Å². The van der Waals surface area contributed by atoms with Crippen molar-refractivity contribution < 1.29 is 9.53 Å². The second-order valence-electron chi connectivity index (χ2n) is 5.78. The van der Waals surface area contributed by atoms with E-state index >= 15 is 0 Å². The summed E-state index contributed by atoms with van der Waals surface area (Å²) in [6.07, 6.45) is 10.8. The van der Waals surface area contributed by atoms with Crippen LogP contribution in [0.3, 0.4) is 0 Å². The van der Waals surface area contributed by atoms with E-state index in [1.807, 2.05) is 12.1 Å². The maximum Gasteiger partial charge on any atom is 0.155 e. The van der Waals surface area contributed by atoms with Crippen LogP contribution in [0.5, 0.6) is 5.75 Å². The fourth-order valence-electron chi connectivity index (χ4n) is 2.68. The van der Waals surface area contributed by atoms with E-state index in [0.717, 1.165) is 42.8 Å². The Hall–Kier alpha value is -1.57. The average Bonchev–Trinajstić information content (AvgIpc) is 2.51. The number of hydrogen-bond donors (Lipinski definition) is 0. The van der Waals surface area contributed by atoms with E-state index < -0.39 is 0 Å². The van der Waals surface area contributed by atoms with Crippen LogP contribution in [-0.4, -0.2) is 12.4 Å². The Bertz CT molecular complexity index is 471. The van der Waals surface area contributed by atoms with Gasteiger partial charge in [0.05, 0.1) is 6.61 Å². The molecule has 0 aromatic heterocycles. The fourth-order valence-corrected chi connectivity index (χ4v) is 2.68. The van der Waals surface area contributed by atoms with Crippen molar-refractivity contribution in [3.05, 3.63) is 35.9 Å². The maximum absolute atomic E-state index is 11.5. The molecule has 114 valence electrons. The van der Waals surface area contributed by atoms with Crippen molar-refractivity contribution in [2.24, 2.45) is 0 Å². The van der Waals surface area contributed by atoms with Crippen LogP contribution in [0.15, 0.2) is 30.3 Å². The van der Waals surface area contributed by atoms with E-state index in [4.69, 9.17) is 4.74 Å². The molecule has 1 aliphatic rings. The SMILES string of the molecule is CCCCCCCOc1ccc(C2=CC(=O)CCC2)cc1. The molecule has 21 heavy (non-hydrogen) atoms. The van der Waals surface area contributed by atoms with Crippen LogP contribution in [-0.2, 0) is 4.79 Å². The van der Waals surface area contributed by atoms with Crippen LogP contribution in [0.1, 0.15) is 63.9 Å². The number of unbranched alkanes of at least 4 members (excludes halogenated alkanes) is 4. The number of carbonyl (C=O) groups is 1. The van der Waals surface area contributed by atoms with Gasteiger partial charge in [0, 0.05) is 6.42 Å². The van der Waals surface area contributed by atoms with Gasteiger partial charge in [-0.15, -0.1) is 0 Å². The molecule has 0 amide bonds. The van der Waals surface area contributed by atoms with Gasteiger partial charge in [-0.05, 0) is 48.6 Å². The van der Waals surface area contributed by atoms with Gasteiger partial charge in [0.15, 0.2) is 5.78 Å². The van der Waals surface area contributed by atoms with Crippen molar-refractivity contribution in [2.45, 2.75) is 58.3 Å². The molecule has 2 nitrogen and oxygen atoms in total. The van der Waals surface area contributed by atoms with Crippen LogP contribution in [0.4, 0.5) is 0 Å². The highest BCUT2D eigenvalue weighted by Crippen LogP contribution is 2.26. The van der Waals surface area contributed by atoms with Gasteiger partial charge in [-0.3, -0.25) is 4.79 Å². The summed E-state index contributed by atoms with van der Waals surface area (Å²) in [7, 11) is 0. The highest BCUT2D eigenvalue weighted by molar-refractivity contribution is 5.98. The van der Waals surface area contributed by atoms with Gasteiger partial charge in [0.2, 0.25) is 0 Å². The molecule has 0 aliphatic heterocycles. The molecule has 0 N–H and O–H groups in total. The Morgan fingerprint density at radius 1 is 1.00 bits per heavy atom. The summed E-state index contributed by atoms with van der Waals surface area (Å²) in [5.74, 6) is 1.18. The molecular formula is C19H26O2. The highest BCUT2D eigenvalue weighted by atomic mass is 16.5. The fraction of sp³-hybridized carbons (Fsp3) is 0.526. The first-order chi connectivity index (χ1) is 10.3. The average molecular weight is 286 g/mol. The van der Waals surface area contributed by atoms with Crippen LogP contribution in [0.2, 0.25) is 0 Å². The molecule has 0 heterocycles. The lowest BCUT2D eigenvalue weighted by Gasteiger charge is -2.13. The summed E-state index contributed by atoms with van der Waals surface area (Å²) >= 11 is 0. The van der Waals surface area contributed by atoms with Gasteiger partial charge in [-0.2, -0.15) is 0 Å². The van der Waals surface area contributed by atoms with Crippen molar-refractivity contribution in [1.82, 2.24) is 0 Å². The number of hydrogen-bond acceptors (Lipinski definition) is 2. The molecule has 0 unspecified atom stereocenters. The summed E-state index contributed by atoms with van der Waals surface area (Å²) in [6, 6.07) is 8.16. The minimum atomic E-state index is 0.253. The van der Waals surface area contributed by atoms with Crippen LogP contribution in [0.25, 0.3) is 5.57 Å². The van der Waals surface area contributed by atoms with E-state index in [1.54, 1.807) is 6.08 Å². The topological polar surface area (TPSA) is 26.3 Å². The van der Waals surface area contributed by atoms with Crippen LogP contribution >= 0.6 is 0 Å². The van der Waals surface area contributed by atoms with Crippen molar-refractivity contribution in [1.29, 1.82) is 0 Å². The van der Waals surface area contributed by atoms with Gasteiger partial charge >= 0.3 is 0 Å². The number of ketones is 1. The van der Waals surface area contributed by atoms with Crippen molar-refractivity contribution in [2.75, 3.05) is 6.61 Å². The second-order valence-corrected chi connectivity index (χ2v) is 5.78. The van der Waals surface area contributed by atoms with Crippen molar-refractivity contribution in [3.63, 3.8) is 0 Å². The normalized spacial score (nSPS) is 14.9. The van der Waals surface area contributed by atoms with Crippen molar-refractivity contribution in [3.8, 4) is 5.75 Å². The Morgan fingerprint density at radius 3 is 2.48 bits per heavy atom. The molecule has 1 aromatic carbocycles. The number of allylic oxidation sites excluding steroid dienone is 2. The molecule has 0 saturated carbocycles. The molecule has 1 aromatic rings. The molecule has 2 heteroatoms. The first-order valence-electron chi connectivity index (χ1n) is 8.26. The van der Waals surface area contributed by atoms with Gasteiger partial charge in [-0.25, -0.2) is 0 Å². The largest absolute Gasteiger partial charge is 0.494 e. The van der Waals surface area contributed by atoms with Gasteiger partial charge < -0.3 is 4.74 Å². The minimum Gasteiger partial charge on any atom is -0.494 e. The molecular weight excluding hydrogens is 260 g/mol. The molecule has 0 radical (unpaired) electrons. The summed E-state index contributed by atoms with van der Waals surface area (Å²) in [4.78, 5) is 11.5. The highest BCUT2D eigenvalue weighted by Gasteiger charge is 2.11. The standard InChI is InChI=1S/C19H26O2/c1-2-3-4-5-6-14-21-19-12-10-16(11-13-19)17-8-7-9-18(20)15-17/h10-13,15H,2-9,14H2,1H3. The third-order valence-corrected chi connectivity index (χ3v) is 3.95. The smallest absolute Gasteiger partial charge is 0.155 e. The van der Waals surface area contributed by atoms with Gasteiger partial charge in [0.1, 0.15) is 5.75 Å². The summed E-state index contributed by atoms with van der Waals surface area (Å²) in [5.41, 5.74) is 2.32. The monoisotopic (exact) mass is 286 g/mol. The first kappa shape index (κ1) is 15.8. The predicted molar refractivity (Wildman–Crippen MR) is 87.5 cm³/mol. The zero-order chi connectivity index (χ0) is 14.9. The third-order valence-electron chi connectivity index (χ3n) is 3.95. The summed E-state index contributed by atoms with van der Waals surface area (Å²) in [5, 5.41) is 0. The minimum absolute atomic E-state index is 0.253. The van der Waals surface area contributed by atoms with Crippen molar-refractivity contribution >= 4 is 11.4 Å². The van der Waals surface area contributed by atoms with Gasteiger partial charge in [0.25, 0.3) is 0 Å². The van der Waals surface area contributed by atoms with E-state index in [0.29, 0.717) is 6.42 Å². The molecule has 2 rings (SSSR count). The number of ether oxygens (including phenoxy) is 1. The lowest BCUT2D eigenvalue weighted by Crippen LogP contribution is -2.02. The lowest BCUT2D eigenvalue weighted by atomic mass is 9.93. The third kappa shape index (κ3) is 5.37. The molecule has 0 saturated heterocycles. The zero-order valence-corrected chi connectivity index (χ0v) is 13.1. The number of carbonyl (C=O) groups excluding carboxylic acids is 1. The molecule has 0 atom stereocenters. The second kappa shape index (κ2) is 8.66. The summed E-state index contributed by atoms with van der Waals surface area (Å²) in [6.45, 7) is 3.03. The predicted octanol–water partition coefficient (Wildman–Crippen LogP) is 5.17. The molecule has 0 bridgehead atoms. The van der Waals surface area contributed by atoms with E-state index in [1.165, 1.54) is 25.7 Å². The van der Waals surface area contributed by atoms with Gasteiger partial charge in [-0.1, -0.05) is 44.7 Å². The Morgan fingerprint density at radius 2 is 1.76 bits per heavy atom. The maximum atomic E-state index is 11.5. The summed E-state index contributed by atoms with van der Waals surface area (Å²) < 4.78 is 5.76. The molecule has 0 fully saturated rings. The number of benzene rings is 1. The van der Waals surface area contributed by atoms with E-state index in [9.17, 15) is 4.79 Å². The Balaban J connectivity index is 1.78. The molecule has 0 spiro atoms. The first-order valence-corrected chi connectivity index (χ1v) is 8.26. The number of rotatable bonds is 8. The van der Waals surface area contributed by atoms with E-state index in [-0.39, 0.29) is 5.78 Å².